The Bertz CT molecular complexity index is 991. The Morgan fingerprint density at radius 3 is 2.61 bits per heavy atom. The fourth-order valence-corrected chi connectivity index (χ4v) is 3.34. The Balaban J connectivity index is 1.55. The minimum absolute atomic E-state index is 0.185. The number of H-pyrrole nitrogens is 1. The fraction of sp³-hybridized carbons (Fsp3) is 0.474. The monoisotopic (exact) mass is 382 g/mol. The number of nitrogens with one attached hydrogen (secondary N) is 2. The Morgan fingerprint density at radius 1 is 1.21 bits per heavy atom. The van der Waals surface area contributed by atoms with Crippen LogP contribution in [0.3, 0.4) is 0 Å². The molecule has 4 heterocycles. The summed E-state index contributed by atoms with van der Waals surface area (Å²) in [6, 6.07) is 5.83. The van der Waals surface area contributed by atoms with E-state index in [0.717, 1.165) is 11.2 Å². The Hall–Kier alpha value is -3.10. The van der Waals surface area contributed by atoms with Gasteiger partial charge in [-0.25, -0.2) is 4.52 Å². The first-order valence-electron chi connectivity index (χ1n) is 9.50. The van der Waals surface area contributed by atoms with Gasteiger partial charge in [0.25, 0.3) is 0 Å². The highest BCUT2D eigenvalue weighted by atomic mass is 16.2. The standard InChI is InChI=1S/C19H26N8O/c1-13-12-15(23-22-13)20-16-14-6-5-7-27(14)24-18(21-16)26-10-8-25(9-11-26)17(28)19(2,3)4/h5-7,12H,8-11H2,1-4H3,(H2,20,21,22,23,24). The molecule has 1 saturated heterocycles. The van der Waals surface area contributed by atoms with Gasteiger partial charge in [0, 0.05) is 49.6 Å². The average Bonchev–Trinajstić information content (AvgIpc) is 3.29. The maximum atomic E-state index is 12.5. The lowest BCUT2D eigenvalue weighted by Crippen LogP contribution is -2.52. The SMILES string of the molecule is Cc1cc(Nc2nc(N3CCN(C(=O)C(C)(C)C)CC3)nn3cccc23)n[nH]1. The average molecular weight is 382 g/mol. The third-order valence-electron chi connectivity index (χ3n) is 4.82. The number of piperazine rings is 1. The summed E-state index contributed by atoms with van der Waals surface area (Å²) >= 11 is 0. The number of amides is 1. The molecule has 0 saturated carbocycles. The summed E-state index contributed by atoms with van der Waals surface area (Å²) < 4.78 is 1.82. The zero-order valence-corrected chi connectivity index (χ0v) is 16.7. The van der Waals surface area contributed by atoms with Crippen molar-refractivity contribution < 1.29 is 4.79 Å². The van der Waals surface area contributed by atoms with E-state index in [1.54, 1.807) is 0 Å². The van der Waals surface area contributed by atoms with E-state index in [0.29, 0.717) is 43.8 Å². The van der Waals surface area contributed by atoms with Crippen LogP contribution < -0.4 is 10.2 Å². The summed E-state index contributed by atoms with van der Waals surface area (Å²) in [4.78, 5) is 21.3. The van der Waals surface area contributed by atoms with Crippen LogP contribution in [0.1, 0.15) is 26.5 Å². The van der Waals surface area contributed by atoms with Crippen LogP contribution in [-0.2, 0) is 4.79 Å². The number of hydrogen-bond donors (Lipinski definition) is 2. The molecule has 0 radical (unpaired) electrons. The van der Waals surface area contributed by atoms with Gasteiger partial charge in [0.15, 0.2) is 11.6 Å². The molecule has 3 aromatic rings. The molecule has 0 aliphatic carbocycles. The summed E-state index contributed by atoms with van der Waals surface area (Å²) in [5.74, 6) is 2.24. The highest BCUT2D eigenvalue weighted by Gasteiger charge is 2.30. The summed E-state index contributed by atoms with van der Waals surface area (Å²) in [7, 11) is 0. The third kappa shape index (κ3) is 3.51. The number of nitrogens with zero attached hydrogens (tertiary/aromatic N) is 6. The van der Waals surface area contributed by atoms with Crippen LogP contribution in [0, 0.1) is 12.3 Å². The summed E-state index contributed by atoms with van der Waals surface area (Å²) in [5, 5.41) is 15.1. The van der Waals surface area contributed by atoms with Crippen LogP contribution in [-0.4, -0.2) is 61.8 Å². The zero-order valence-electron chi connectivity index (χ0n) is 16.7. The van der Waals surface area contributed by atoms with E-state index in [9.17, 15) is 4.79 Å². The van der Waals surface area contributed by atoms with Crippen molar-refractivity contribution in [2.24, 2.45) is 5.41 Å². The lowest BCUT2D eigenvalue weighted by atomic mass is 9.94. The minimum atomic E-state index is -0.360. The number of rotatable bonds is 3. The molecule has 0 unspecified atom stereocenters. The van der Waals surface area contributed by atoms with Gasteiger partial charge in [0.2, 0.25) is 11.9 Å². The first kappa shape index (κ1) is 18.3. The smallest absolute Gasteiger partial charge is 0.245 e. The molecule has 9 nitrogen and oxygen atoms in total. The molecule has 148 valence electrons. The molecule has 9 heteroatoms. The van der Waals surface area contributed by atoms with E-state index >= 15 is 0 Å². The Kier molecular flexibility index (Phi) is 4.44. The third-order valence-corrected chi connectivity index (χ3v) is 4.82. The number of carbonyl (C=O) groups excluding carboxylic acids is 1. The molecular formula is C19H26N8O. The molecule has 1 aliphatic rings. The predicted octanol–water partition coefficient (Wildman–Crippen LogP) is 2.20. The van der Waals surface area contributed by atoms with Gasteiger partial charge in [-0.05, 0) is 19.1 Å². The van der Waals surface area contributed by atoms with Gasteiger partial charge in [0.1, 0.15) is 5.52 Å². The van der Waals surface area contributed by atoms with Gasteiger partial charge in [0.05, 0.1) is 0 Å². The van der Waals surface area contributed by atoms with Crippen molar-refractivity contribution in [2.75, 3.05) is 36.4 Å². The molecule has 1 aliphatic heterocycles. The second kappa shape index (κ2) is 6.81. The van der Waals surface area contributed by atoms with E-state index in [4.69, 9.17) is 4.98 Å². The Morgan fingerprint density at radius 2 is 1.96 bits per heavy atom. The number of aromatic amines is 1. The second-order valence-corrected chi connectivity index (χ2v) is 8.19. The number of carbonyl (C=O) groups is 1. The zero-order chi connectivity index (χ0) is 19.9. The van der Waals surface area contributed by atoms with E-state index in [1.807, 2.05) is 61.5 Å². The van der Waals surface area contributed by atoms with Crippen LogP contribution >= 0.6 is 0 Å². The highest BCUT2D eigenvalue weighted by Crippen LogP contribution is 2.24. The van der Waals surface area contributed by atoms with Gasteiger partial charge in [-0.3, -0.25) is 9.89 Å². The van der Waals surface area contributed by atoms with Crippen LogP contribution in [0.5, 0.6) is 0 Å². The van der Waals surface area contributed by atoms with E-state index in [-0.39, 0.29) is 11.3 Å². The van der Waals surface area contributed by atoms with Gasteiger partial charge >= 0.3 is 0 Å². The van der Waals surface area contributed by atoms with Gasteiger partial charge in [-0.15, -0.1) is 5.10 Å². The quantitative estimate of drug-likeness (QED) is 0.721. The molecule has 0 bridgehead atoms. The number of aromatic nitrogens is 5. The maximum absolute atomic E-state index is 12.5. The molecule has 1 amide bonds. The molecular weight excluding hydrogens is 356 g/mol. The molecule has 0 aromatic carbocycles. The van der Waals surface area contributed by atoms with Crippen molar-refractivity contribution in [1.82, 2.24) is 29.7 Å². The van der Waals surface area contributed by atoms with Crippen LogP contribution in [0.25, 0.3) is 5.52 Å². The summed E-state index contributed by atoms with van der Waals surface area (Å²) in [6.07, 6.45) is 1.90. The van der Waals surface area contributed by atoms with Gasteiger partial charge < -0.3 is 15.1 Å². The summed E-state index contributed by atoms with van der Waals surface area (Å²) in [5.41, 5.74) is 1.50. The minimum Gasteiger partial charge on any atom is -0.339 e. The highest BCUT2D eigenvalue weighted by molar-refractivity contribution is 5.81. The van der Waals surface area contributed by atoms with Crippen molar-refractivity contribution >= 4 is 29.0 Å². The molecule has 4 rings (SSSR count). The number of hydrogen-bond acceptors (Lipinski definition) is 6. The van der Waals surface area contributed by atoms with Crippen molar-refractivity contribution in [2.45, 2.75) is 27.7 Å². The largest absolute Gasteiger partial charge is 0.339 e. The fourth-order valence-electron chi connectivity index (χ4n) is 3.34. The molecule has 0 spiro atoms. The van der Waals surface area contributed by atoms with Crippen LogP contribution in [0.2, 0.25) is 0 Å². The van der Waals surface area contributed by atoms with Crippen molar-refractivity contribution in [3.63, 3.8) is 0 Å². The predicted molar refractivity (Wildman–Crippen MR) is 108 cm³/mol. The van der Waals surface area contributed by atoms with E-state index < -0.39 is 0 Å². The first-order chi connectivity index (χ1) is 13.3. The number of aryl methyl sites for hydroxylation is 1. The van der Waals surface area contributed by atoms with Crippen LogP contribution in [0.4, 0.5) is 17.6 Å². The second-order valence-electron chi connectivity index (χ2n) is 8.19. The number of fused-ring (bicyclic) bond motifs is 1. The summed E-state index contributed by atoms with van der Waals surface area (Å²) in [6.45, 7) is 10.6. The molecule has 0 atom stereocenters. The van der Waals surface area contributed by atoms with Crippen molar-refractivity contribution in [3.8, 4) is 0 Å². The van der Waals surface area contributed by atoms with E-state index in [2.05, 4.69) is 25.5 Å². The van der Waals surface area contributed by atoms with Crippen LogP contribution in [0.15, 0.2) is 24.4 Å². The molecule has 3 aromatic heterocycles. The lowest BCUT2D eigenvalue weighted by molar-refractivity contribution is -0.139. The van der Waals surface area contributed by atoms with Crippen molar-refractivity contribution in [3.05, 3.63) is 30.1 Å². The van der Waals surface area contributed by atoms with Crippen molar-refractivity contribution in [1.29, 1.82) is 0 Å². The lowest BCUT2D eigenvalue weighted by Gasteiger charge is -2.37. The maximum Gasteiger partial charge on any atom is 0.245 e. The molecule has 1 fully saturated rings. The Labute approximate surface area is 163 Å². The molecule has 2 N–H and O–H groups in total. The van der Waals surface area contributed by atoms with E-state index in [1.165, 1.54) is 0 Å². The normalized spacial score (nSPS) is 15.3. The molecule has 28 heavy (non-hydrogen) atoms. The van der Waals surface area contributed by atoms with Gasteiger partial charge in [-0.2, -0.15) is 10.1 Å². The topological polar surface area (TPSA) is 94.5 Å². The number of anilines is 3. The van der Waals surface area contributed by atoms with Gasteiger partial charge in [-0.1, -0.05) is 20.8 Å². The first-order valence-corrected chi connectivity index (χ1v) is 9.50.